The van der Waals surface area contributed by atoms with Crippen molar-refractivity contribution < 1.29 is 0 Å². The fourth-order valence-electron chi connectivity index (χ4n) is 2.00. The number of hydrogen-bond donors (Lipinski definition) is 1. The van der Waals surface area contributed by atoms with E-state index in [9.17, 15) is 0 Å². The van der Waals surface area contributed by atoms with Gasteiger partial charge in [-0.1, -0.05) is 24.3 Å². The SMILES string of the molecule is CN(C)c1ccccc1C1=CCNCC1.Cl.Cl. The third-order valence-electron chi connectivity index (χ3n) is 2.80. The van der Waals surface area contributed by atoms with Crippen LogP contribution in [-0.4, -0.2) is 27.2 Å². The Morgan fingerprint density at radius 2 is 1.82 bits per heavy atom. The van der Waals surface area contributed by atoms with Crippen molar-refractivity contribution in [3.63, 3.8) is 0 Å². The normalized spacial score (nSPS) is 14.1. The Kier molecular flexibility index (Phi) is 7.28. The van der Waals surface area contributed by atoms with Crippen molar-refractivity contribution >= 4 is 36.1 Å². The summed E-state index contributed by atoms with van der Waals surface area (Å²) in [4.78, 5) is 2.18. The smallest absolute Gasteiger partial charge is 0.0437 e. The van der Waals surface area contributed by atoms with Gasteiger partial charge in [0, 0.05) is 31.9 Å². The fourth-order valence-corrected chi connectivity index (χ4v) is 2.00. The highest BCUT2D eigenvalue weighted by Gasteiger charge is 2.10. The molecule has 0 bridgehead atoms. The molecule has 0 unspecified atom stereocenters. The summed E-state index contributed by atoms with van der Waals surface area (Å²) in [5.41, 5.74) is 4.16. The molecule has 0 radical (unpaired) electrons. The molecule has 0 amide bonds. The predicted octanol–water partition coefficient (Wildman–Crippen LogP) is 2.97. The van der Waals surface area contributed by atoms with Gasteiger partial charge in [-0.2, -0.15) is 0 Å². The second-order valence-electron chi connectivity index (χ2n) is 4.10. The number of nitrogens with one attached hydrogen (secondary N) is 1. The van der Waals surface area contributed by atoms with Crippen molar-refractivity contribution in [3.05, 3.63) is 35.9 Å². The third-order valence-corrected chi connectivity index (χ3v) is 2.80. The van der Waals surface area contributed by atoms with Crippen LogP contribution in [0.3, 0.4) is 0 Å². The van der Waals surface area contributed by atoms with Gasteiger partial charge in [0.15, 0.2) is 0 Å². The number of nitrogens with zero attached hydrogens (tertiary/aromatic N) is 1. The summed E-state index contributed by atoms with van der Waals surface area (Å²) in [6.07, 6.45) is 3.43. The molecule has 0 saturated heterocycles. The van der Waals surface area contributed by atoms with Crippen LogP contribution in [0.5, 0.6) is 0 Å². The molecule has 17 heavy (non-hydrogen) atoms. The van der Waals surface area contributed by atoms with Crippen LogP contribution in [0.1, 0.15) is 12.0 Å². The average Bonchev–Trinajstić information content (AvgIpc) is 2.30. The molecule has 1 N–H and O–H groups in total. The minimum absolute atomic E-state index is 0. The summed E-state index contributed by atoms with van der Waals surface area (Å²) in [5, 5.41) is 3.34. The number of halogens is 2. The van der Waals surface area contributed by atoms with Crippen molar-refractivity contribution in [2.75, 3.05) is 32.1 Å². The lowest BCUT2D eigenvalue weighted by molar-refractivity contribution is 0.738. The molecule has 0 saturated carbocycles. The minimum Gasteiger partial charge on any atom is -0.377 e. The van der Waals surface area contributed by atoms with Crippen LogP contribution in [0, 0.1) is 0 Å². The topological polar surface area (TPSA) is 15.3 Å². The van der Waals surface area contributed by atoms with E-state index in [0.717, 1.165) is 19.5 Å². The third kappa shape index (κ3) is 3.91. The first-order chi connectivity index (χ1) is 7.29. The Morgan fingerprint density at radius 3 is 2.41 bits per heavy atom. The number of benzene rings is 1. The van der Waals surface area contributed by atoms with Crippen molar-refractivity contribution in [3.8, 4) is 0 Å². The number of hydrogen-bond acceptors (Lipinski definition) is 2. The maximum Gasteiger partial charge on any atom is 0.0437 e. The largest absolute Gasteiger partial charge is 0.377 e. The van der Waals surface area contributed by atoms with E-state index in [0.29, 0.717) is 0 Å². The summed E-state index contributed by atoms with van der Waals surface area (Å²) in [7, 11) is 4.20. The molecular formula is C13H20Cl2N2. The maximum atomic E-state index is 3.34. The minimum atomic E-state index is 0. The van der Waals surface area contributed by atoms with E-state index in [1.54, 1.807) is 0 Å². The molecule has 1 aromatic carbocycles. The van der Waals surface area contributed by atoms with Gasteiger partial charge >= 0.3 is 0 Å². The molecule has 2 nitrogen and oxygen atoms in total. The lowest BCUT2D eigenvalue weighted by Gasteiger charge is -2.21. The standard InChI is InChI=1S/C13H18N2.2ClH/c1-15(2)13-6-4-3-5-12(13)11-7-9-14-10-8-11;;/h3-7,14H,8-10H2,1-2H3;2*1H. The zero-order chi connectivity index (χ0) is 10.7. The molecule has 0 fully saturated rings. The second-order valence-corrected chi connectivity index (χ2v) is 4.10. The van der Waals surface area contributed by atoms with Gasteiger partial charge in [-0.15, -0.1) is 24.8 Å². The first-order valence-corrected chi connectivity index (χ1v) is 5.45. The lowest BCUT2D eigenvalue weighted by Crippen LogP contribution is -2.21. The first-order valence-electron chi connectivity index (χ1n) is 5.45. The summed E-state index contributed by atoms with van der Waals surface area (Å²) in [6.45, 7) is 2.09. The molecule has 2 rings (SSSR count). The zero-order valence-corrected chi connectivity index (χ0v) is 11.9. The van der Waals surface area contributed by atoms with Gasteiger partial charge in [0.1, 0.15) is 0 Å². The first kappa shape index (κ1) is 16.3. The fraction of sp³-hybridized carbons (Fsp3) is 0.385. The van der Waals surface area contributed by atoms with Gasteiger partial charge in [-0.05, 0) is 24.6 Å². The number of anilines is 1. The molecule has 96 valence electrons. The Balaban J connectivity index is 0.00000128. The van der Waals surface area contributed by atoms with Crippen molar-refractivity contribution in [1.82, 2.24) is 5.32 Å². The lowest BCUT2D eigenvalue weighted by atomic mass is 9.98. The van der Waals surface area contributed by atoms with Crippen LogP contribution < -0.4 is 10.2 Å². The number of rotatable bonds is 2. The molecule has 1 aliphatic rings. The molecule has 0 atom stereocenters. The molecule has 1 heterocycles. The van der Waals surface area contributed by atoms with Crippen molar-refractivity contribution in [2.45, 2.75) is 6.42 Å². The molecule has 0 spiro atoms. The Labute approximate surface area is 116 Å². The van der Waals surface area contributed by atoms with E-state index in [2.05, 4.69) is 54.7 Å². The highest BCUT2D eigenvalue weighted by atomic mass is 35.5. The molecule has 1 aromatic rings. The van der Waals surface area contributed by atoms with Crippen molar-refractivity contribution in [2.24, 2.45) is 0 Å². The monoisotopic (exact) mass is 274 g/mol. The van der Waals surface area contributed by atoms with Crippen LogP contribution >= 0.6 is 24.8 Å². The summed E-state index contributed by atoms with van der Waals surface area (Å²) >= 11 is 0. The summed E-state index contributed by atoms with van der Waals surface area (Å²) in [5.74, 6) is 0. The highest BCUT2D eigenvalue weighted by molar-refractivity contribution is 5.85. The van der Waals surface area contributed by atoms with Crippen LogP contribution in [0.4, 0.5) is 5.69 Å². The van der Waals surface area contributed by atoms with Gasteiger partial charge in [0.05, 0.1) is 0 Å². The van der Waals surface area contributed by atoms with Crippen LogP contribution in [0.2, 0.25) is 0 Å². The van der Waals surface area contributed by atoms with Crippen LogP contribution in [0.15, 0.2) is 30.3 Å². The summed E-state index contributed by atoms with van der Waals surface area (Å²) in [6, 6.07) is 8.61. The Bertz CT molecular complexity index is 375. The van der Waals surface area contributed by atoms with E-state index >= 15 is 0 Å². The van der Waals surface area contributed by atoms with E-state index in [1.807, 2.05) is 0 Å². The quantitative estimate of drug-likeness (QED) is 0.892. The second kappa shape index (κ2) is 7.59. The van der Waals surface area contributed by atoms with Gasteiger partial charge in [0.2, 0.25) is 0 Å². The summed E-state index contributed by atoms with van der Waals surface area (Å²) < 4.78 is 0. The van der Waals surface area contributed by atoms with Gasteiger partial charge < -0.3 is 10.2 Å². The van der Waals surface area contributed by atoms with E-state index in [4.69, 9.17) is 0 Å². The van der Waals surface area contributed by atoms with E-state index in [1.165, 1.54) is 16.8 Å². The van der Waals surface area contributed by atoms with E-state index in [-0.39, 0.29) is 24.8 Å². The van der Waals surface area contributed by atoms with Gasteiger partial charge in [0.25, 0.3) is 0 Å². The van der Waals surface area contributed by atoms with Gasteiger partial charge in [-0.25, -0.2) is 0 Å². The van der Waals surface area contributed by atoms with Crippen molar-refractivity contribution in [1.29, 1.82) is 0 Å². The molecule has 0 aliphatic carbocycles. The predicted molar refractivity (Wildman–Crippen MR) is 80.7 cm³/mol. The molecule has 1 aliphatic heterocycles. The van der Waals surface area contributed by atoms with E-state index < -0.39 is 0 Å². The number of para-hydroxylation sites is 1. The highest BCUT2D eigenvalue weighted by Crippen LogP contribution is 2.28. The Hall–Kier alpha value is -0.700. The molecule has 4 heteroatoms. The maximum absolute atomic E-state index is 3.34. The Morgan fingerprint density at radius 1 is 1.12 bits per heavy atom. The van der Waals surface area contributed by atoms with Gasteiger partial charge in [-0.3, -0.25) is 0 Å². The average molecular weight is 275 g/mol. The molecule has 0 aromatic heterocycles. The molecular weight excluding hydrogens is 255 g/mol. The van der Waals surface area contributed by atoms with Crippen LogP contribution in [0.25, 0.3) is 5.57 Å². The van der Waals surface area contributed by atoms with Crippen LogP contribution in [-0.2, 0) is 0 Å². The zero-order valence-electron chi connectivity index (χ0n) is 10.3.